The van der Waals surface area contributed by atoms with E-state index >= 15 is 0 Å². The first kappa shape index (κ1) is 13.5. The minimum absolute atomic E-state index is 0.0318. The van der Waals surface area contributed by atoms with Crippen LogP contribution in [-0.4, -0.2) is 11.7 Å². The number of fused-ring (bicyclic) bond motifs is 1. The van der Waals surface area contributed by atoms with Crippen molar-refractivity contribution in [1.29, 1.82) is 0 Å². The van der Waals surface area contributed by atoms with Crippen LogP contribution in [0.5, 0.6) is 11.5 Å². The average Bonchev–Trinajstić information content (AvgIpc) is 2.94. The maximum atomic E-state index is 10.9. The van der Waals surface area contributed by atoms with Gasteiger partial charge in [0.25, 0.3) is 5.69 Å². The molecule has 0 fully saturated rings. The second-order valence-corrected chi connectivity index (χ2v) is 4.85. The van der Waals surface area contributed by atoms with E-state index in [9.17, 15) is 10.1 Å². The smallest absolute Gasteiger partial charge is 0.292 e. The highest BCUT2D eigenvalue weighted by Crippen LogP contribution is 2.40. The molecule has 1 aliphatic rings. The number of nitrogens with one attached hydrogen (secondary N) is 1. The largest absolute Gasteiger partial charge is 0.454 e. The van der Waals surface area contributed by atoms with Gasteiger partial charge in [-0.3, -0.25) is 10.1 Å². The van der Waals surface area contributed by atoms with Crippen LogP contribution >= 0.6 is 11.6 Å². The topological polar surface area (TPSA) is 73.6 Å². The summed E-state index contributed by atoms with van der Waals surface area (Å²) < 4.78 is 10.5. The Balaban J connectivity index is 1.80. The van der Waals surface area contributed by atoms with E-state index in [4.69, 9.17) is 21.1 Å². The van der Waals surface area contributed by atoms with E-state index in [2.05, 4.69) is 5.32 Å². The van der Waals surface area contributed by atoms with Crippen molar-refractivity contribution < 1.29 is 14.4 Å². The quantitative estimate of drug-likeness (QED) is 0.690. The number of anilines is 1. The molecule has 0 saturated heterocycles. The normalized spacial score (nSPS) is 12.2. The third-order valence-electron chi connectivity index (χ3n) is 3.07. The zero-order valence-electron chi connectivity index (χ0n) is 10.8. The lowest BCUT2D eigenvalue weighted by Gasteiger charge is -2.08. The van der Waals surface area contributed by atoms with Crippen molar-refractivity contribution in [2.45, 2.75) is 6.54 Å². The number of nitrogens with zero attached hydrogens (tertiary/aromatic N) is 1. The lowest BCUT2D eigenvalue weighted by atomic mass is 10.2. The molecule has 0 spiro atoms. The summed E-state index contributed by atoms with van der Waals surface area (Å²) in [5, 5.41) is 14.4. The predicted molar refractivity (Wildman–Crippen MR) is 78.0 cm³/mol. The maximum absolute atomic E-state index is 10.9. The summed E-state index contributed by atoms with van der Waals surface area (Å²) in [6.07, 6.45) is 0. The highest BCUT2D eigenvalue weighted by molar-refractivity contribution is 6.32. The van der Waals surface area contributed by atoms with Crippen LogP contribution in [0.3, 0.4) is 0 Å². The van der Waals surface area contributed by atoms with Crippen LogP contribution < -0.4 is 14.8 Å². The van der Waals surface area contributed by atoms with E-state index in [1.807, 2.05) is 0 Å². The SMILES string of the molecule is O=[N+]([O-])c1ccccc1NCc1cc(Cl)c2c(c1)OCO2. The molecule has 7 heteroatoms. The van der Waals surface area contributed by atoms with Gasteiger partial charge in [-0.1, -0.05) is 23.7 Å². The minimum Gasteiger partial charge on any atom is -0.454 e. The Morgan fingerprint density at radius 3 is 2.90 bits per heavy atom. The van der Waals surface area contributed by atoms with Gasteiger partial charge in [0.1, 0.15) is 5.69 Å². The molecule has 2 aromatic rings. The molecule has 1 N–H and O–H groups in total. The van der Waals surface area contributed by atoms with Gasteiger partial charge < -0.3 is 14.8 Å². The molecule has 2 aromatic carbocycles. The maximum Gasteiger partial charge on any atom is 0.292 e. The second kappa shape index (κ2) is 5.49. The highest BCUT2D eigenvalue weighted by Gasteiger charge is 2.18. The van der Waals surface area contributed by atoms with E-state index in [1.165, 1.54) is 6.07 Å². The van der Waals surface area contributed by atoms with Crippen LogP contribution in [0.2, 0.25) is 5.02 Å². The molecule has 0 radical (unpaired) electrons. The number of halogens is 1. The lowest BCUT2D eigenvalue weighted by molar-refractivity contribution is -0.384. The molecule has 21 heavy (non-hydrogen) atoms. The fourth-order valence-corrected chi connectivity index (χ4v) is 2.39. The van der Waals surface area contributed by atoms with Crippen LogP contribution in [-0.2, 0) is 6.54 Å². The number of hydrogen-bond donors (Lipinski definition) is 1. The summed E-state index contributed by atoms with van der Waals surface area (Å²) in [6, 6.07) is 10.0. The molecule has 0 bridgehead atoms. The summed E-state index contributed by atoms with van der Waals surface area (Å²) in [6.45, 7) is 0.539. The molecule has 1 aliphatic heterocycles. The standard InChI is InChI=1S/C14H11ClN2O4/c15-10-5-9(6-13-14(10)21-8-20-13)7-16-11-3-1-2-4-12(11)17(18)19/h1-6,16H,7-8H2. The van der Waals surface area contributed by atoms with Gasteiger partial charge in [0.15, 0.2) is 11.5 Å². The van der Waals surface area contributed by atoms with E-state index in [0.29, 0.717) is 28.8 Å². The zero-order valence-corrected chi connectivity index (χ0v) is 11.6. The van der Waals surface area contributed by atoms with Crippen molar-refractivity contribution in [3.8, 4) is 11.5 Å². The van der Waals surface area contributed by atoms with Crippen molar-refractivity contribution >= 4 is 23.0 Å². The summed E-state index contributed by atoms with van der Waals surface area (Å²) in [7, 11) is 0. The molecule has 3 rings (SSSR count). The van der Waals surface area contributed by atoms with Crippen molar-refractivity contribution in [3.63, 3.8) is 0 Å². The van der Waals surface area contributed by atoms with Crippen molar-refractivity contribution in [2.75, 3.05) is 12.1 Å². The summed E-state index contributed by atoms with van der Waals surface area (Å²) in [5.41, 5.74) is 1.34. The van der Waals surface area contributed by atoms with Crippen LogP contribution in [0.4, 0.5) is 11.4 Å². The number of benzene rings is 2. The first-order chi connectivity index (χ1) is 10.1. The van der Waals surface area contributed by atoms with E-state index in [-0.39, 0.29) is 12.5 Å². The minimum atomic E-state index is -0.422. The second-order valence-electron chi connectivity index (χ2n) is 4.44. The molecule has 0 saturated carbocycles. The van der Waals surface area contributed by atoms with Crippen LogP contribution in [0, 0.1) is 10.1 Å². The molecule has 1 heterocycles. The molecule has 0 amide bonds. The molecule has 0 aromatic heterocycles. The lowest BCUT2D eigenvalue weighted by Crippen LogP contribution is -2.02. The molecule has 0 aliphatic carbocycles. The third kappa shape index (κ3) is 2.71. The molecule has 0 unspecified atom stereocenters. The predicted octanol–water partition coefficient (Wildman–Crippen LogP) is 3.59. The van der Waals surface area contributed by atoms with Crippen molar-refractivity contribution in [2.24, 2.45) is 0 Å². The highest BCUT2D eigenvalue weighted by atomic mass is 35.5. The van der Waals surface area contributed by atoms with Gasteiger partial charge in [0, 0.05) is 12.6 Å². The fraction of sp³-hybridized carbons (Fsp3) is 0.143. The zero-order chi connectivity index (χ0) is 14.8. The van der Waals surface area contributed by atoms with Gasteiger partial charge in [-0.2, -0.15) is 0 Å². The summed E-state index contributed by atoms with van der Waals surface area (Å²) in [5.74, 6) is 1.12. The molecule has 108 valence electrons. The number of hydrogen-bond acceptors (Lipinski definition) is 5. The molecule has 0 atom stereocenters. The van der Waals surface area contributed by atoms with Gasteiger partial charge in [-0.05, 0) is 23.8 Å². The van der Waals surface area contributed by atoms with Gasteiger partial charge in [0.2, 0.25) is 6.79 Å². The number of nitro benzene ring substituents is 1. The number of nitro groups is 1. The van der Waals surface area contributed by atoms with Gasteiger partial charge in [-0.15, -0.1) is 0 Å². The summed E-state index contributed by atoms with van der Waals surface area (Å²) in [4.78, 5) is 10.5. The third-order valence-corrected chi connectivity index (χ3v) is 3.35. The van der Waals surface area contributed by atoms with Gasteiger partial charge >= 0.3 is 0 Å². The van der Waals surface area contributed by atoms with Crippen LogP contribution in [0.25, 0.3) is 0 Å². The Bertz CT molecular complexity index is 705. The average molecular weight is 307 g/mol. The Kier molecular flexibility index (Phi) is 3.53. The number of rotatable bonds is 4. The van der Waals surface area contributed by atoms with Crippen molar-refractivity contribution in [1.82, 2.24) is 0 Å². The Morgan fingerprint density at radius 2 is 2.10 bits per heavy atom. The van der Waals surface area contributed by atoms with Crippen LogP contribution in [0.15, 0.2) is 36.4 Å². The summed E-state index contributed by atoms with van der Waals surface area (Å²) >= 11 is 6.10. The number of ether oxygens (including phenoxy) is 2. The Hall–Kier alpha value is -2.47. The number of para-hydroxylation sites is 2. The molecular formula is C14H11ClN2O4. The van der Waals surface area contributed by atoms with Crippen LogP contribution in [0.1, 0.15) is 5.56 Å². The Labute approximate surface area is 125 Å². The van der Waals surface area contributed by atoms with E-state index < -0.39 is 4.92 Å². The molecular weight excluding hydrogens is 296 g/mol. The van der Waals surface area contributed by atoms with E-state index in [1.54, 1.807) is 30.3 Å². The first-order valence-electron chi connectivity index (χ1n) is 6.20. The van der Waals surface area contributed by atoms with E-state index in [0.717, 1.165) is 5.56 Å². The monoisotopic (exact) mass is 306 g/mol. The molecule has 6 nitrogen and oxygen atoms in total. The van der Waals surface area contributed by atoms with Crippen molar-refractivity contribution in [3.05, 3.63) is 57.1 Å². The fourth-order valence-electron chi connectivity index (χ4n) is 2.10. The van der Waals surface area contributed by atoms with Gasteiger partial charge in [0.05, 0.1) is 9.95 Å². The first-order valence-corrected chi connectivity index (χ1v) is 6.58. The Morgan fingerprint density at radius 1 is 1.29 bits per heavy atom. The van der Waals surface area contributed by atoms with Gasteiger partial charge in [-0.25, -0.2) is 0 Å².